The summed E-state index contributed by atoms with van der Waals surface area (Å²) >= 11 is 3.38. The van der Waals surface area contributed by atoms with Crippen LogP contribution in [-0.2, 0) is 0 Å². The summed E-state index contributed by atoms with van der Waals surface area (Å²) in [6.45, 7) is 0.718. The van der Waals surface area contributed by atoms with Crippen molar-refractivity contribution in [2.75, 3.05) is 20.6 Å². The van der Waals surface area contributed by atoms with Crippen molar-refractivity contribution in [3.8, 4) is 11.8 Å². The molecule has 0 aliphatic carbocycles. The fourth-order valence-corrected chi connectivity index (χ4v) is 1.59. The zero-order valence-corrected chi connectivity index (χ0v) is 10.7. The first kappa shape index (κ1) is 11.1. The summed E-state index contributed by atoms with van der Waals surface area (Å²) in [5.74, 6) is 6.08. The Morgan fingerprint density at radius 3 is 3.06 bits per heavy atom. The Morgan fingerprint density at radius 1 is 1.50 bits per heavy atom. The highest BCUT2D eigenvalue weighted by molar-refractivity contribution is 9.10. The van der Waals surface area contributed by atoms with Gasteiger partial charge in [0.15, 0.2) is 5.65 Å². The van der Waals surface area contributed by atoms with Crippen molar-refractivity contribution in [2.45, 2.75) is 0 Å². The molecule has 5 heteroatoms. The number of pyridine rings is 1. The van der Waals surface area contributed by atoms with Crippen molar-refractivity contribution in [1.82, 2.24) is 20.1 Å². The van der Waals surface area contributed by atoms with E-state index < -0.39 is 0 Å². The van der Waals surface area contributed by atoms with Crippen molar-refractivity contribution >= 4 is 27.0 Å². The van der Waals surface area contributed by atoms with Gasteiger partial charge in [-0.1, -0.05) is 5.92 Å². The van der Waals surface area contributed by atoms with Gasteiger partial charge in [0.05, 0.1) is 11.9 Å². The number of halogens is 1. The van der Waals surface area contributed by atoms with Crippen LogP contribution in [0.3, 0.4) is 0 Å². The third-order valence-electron chi connectivity index (χ3n) is 1.99. The predicted octanol–water partition coefficient (Wildman–Crippen LogP) is 1.63. The molecule has 0 aromatic carbocycles. The van der Waals surface area contributed by atoms with Crippen molar-refractivity contribution in [2.24, 2.45) is 0 Å². The van der Waals surface area contributed by atoms with Gasteiger partial charge in [0.25, 0.3) is 0 Å². The van der Waals surface area contributed by atoms with Crippen LogP contribution >= 0.6 is 15.9 Å². The molecule has 0 fully saturated rings. The highest BCUT2D eigenvalue weighted by Crippen LogP contribution is 2.17. The molecule has 82 valence electrons. The van der Waals surface area contributed by atoms with E-state index in [4.69, 9.17) is 0 Å². The minimum Gasteiger partial charge on any atom is -0.299 e. The first-order valence-electron chi connectivity index (χ1n) is 4.80. The van der Waals surface area contributed by atoms with E-state index in [9.17, 15) is 0 Å². The molecule has 0 unspecified atom stereocenters. The molecule has 2 heterocycles. The Hall–Kier alpha value is -1.38. The minimum absolute atomic E-state index is 0.718. The van der Waals surface area contributed by atoms with E-state index in [0.29, 0.717) is 0 Å². The van der Waals surface area contributed by atoms with Gasteiger partial charge in [-0.15, -0.1) is 0 Å². The van der Waals surface area contributed by atoms with Crippen LogP contribution in [0.5, 0.6) is 0 Å². The molecule has 16 heavy (non-hydrogen) atoms. The Kier molecular flexibility index (Phi) is 3.22. The first-order valence-corrected chi connectivity index (χ1v) is 5.59. The van der Waals surface area contributed by atoms with E-state index in [2.05, 4.69) is 43.0 Å². The highest BCUT2D eigenvalue weighted by Gasteiger charge is 2.04. The van der Waals surface area contributed by atoms with Crippen LogP contribution in [0.15, 0.2) is 16.7 Å². The Labute approximate surface area is 102 Å². The smallest absolute Gasteiger partial charge is 0.156 e. The molecule has 0 saturated heterocycles. The molecule has 0 aliphatic rings. The molecule has 2 aromatic heterocycles. The van der Waals surface area contributed by atoms with Gasteiger partial charge in [0.1, 0.15) is 5.69 Å². The van der Waals surface area contributed by atoms with E-state index in [1.165, 1.54) is 0 Å². The lowest BCUT2D eigenvalue weighted by Gasteiger charge is -2.00. The van der Waals surface area contributed by atoms with Crippen LogP contribution in [0.25, 0.3) is 11.0 Å². The van der Waals surface area contributed by atoms with Gasteiger partial charge in [-0.2, -0.15) is 5.10 Å². The maximum atomic E-state index is 4.20. The van der Waals surface area contributed by atoms with Crippen LogP contribution in [0, 0.1) is 11.8 Å². The van der Waals surface area contributed by atoms with E-state index in [0.717, 1.165) is 27.7 Å². The van der Waals surface area contributed by atoms with E-state index in [-0.39, 0.29) is 0 Å². The summed E-state index contributed by atoms with van der Waals surface area (Å²) in [5.41, 5.74) is 1.50. The summed E-state index contributed by atoms with van der Waals surface area (Å²) in [4.78, 5) is 6.21. The van der Waals surface area contributed by atoms with Gasteiger partial charge < -0.3 is 0 Å². The number of hydrogen-bond acceptors (Lipinski definition) is 3. The SMILES string of the molecule is CN(C)CC#Cc1n[nH]c2ncc(Br)cc12. The van der Waals surface area contributed by atoms with Gasteiger partial charge in [-0.3, -0.25) is 10.00 Å². The van der Waals surface area contributed by atoms with E-state index in [1.807, 2.05) is 25.1 Å². The number of aromatic nitrogens is 3. The highest BCUT2D eigenvalue weighted by atomic mass is 79.9. The molecule has 0 saturated carbocycles. The van der Waals surface area contributed by atoms with Crippen molar-refractivity contribution < 1.29 is 0 Å². The number of aromatic amines is 1. The summed E-state index contributed by atoms with van der Waals surface area (Å²) in [5, 5.41) is 7.93. The van der Waals surface area contributed by atoms with Gasteiger partial charge in [-0.25, -0.2) is 4.98 Å². The van der Waals surface area contributed by atoms with Gasteiger partial charge in [0.2, 0.25) is 0 Å². The molecule has 0 radical (unpaired) electrons. The minimum atomic E-state index is 0.718. The molecule has 0 amide bonds. The number of H-pyrrole nitrogens is 1. The Morgan fingerprint density at radius 2 is 2.31 bits per heavy atom. The summed E-state index contributed by atoms with van der Waals surface area (Å²) in [7, 11) is 3.96. The lowest BCUT2D eigenvalue weighted by molar-refractivity contribution is 0.464. The average Bonchev–Trinajstić information content (AvgIpc) is 2.60. The molecular weight excluding hydrogens is 268 g/mol. The molecule has 4 nitrogen and oxygen atoms in total. The maximum Gasteiger partial charge on any atom is 0.156 e. The van der Waals surface area contributed by atoms with E-state index >= 15 is 0 Å². The van der Waals surface area contributed by atoms with Crippen LogP contribution in [0.1, 0.15) is 5.69 Å². The molecule has 0 atom stereocenters. The predicted molar refractivity (Wildman–Crippen MR) is 67.0 cm³/mol. The molecule has 0 aliphatic heterocycles. The van der Waals surface area contributed by atoms with Crippen LogP contribution in [-0.4, -0.2) is 40.7 Å². The lowest BCUT2D eigenvalue weighted by atomic mass is 10.2. The molecule has 0 spiro atoms. The fraction of sp³-hybridized carbons (Fsp3) is 0.273. The number of hydrogen-bond donors (Lipinski definition) is 1. The normalized spacial score (nSPS) is 10.5. The van der Waals surface area contributed by atoms with Crippen molar-refractivity contribution in [3.05, 3.63) is 22.4 Å². The first-order chi connectivity index (χ1) is 7.66. The zero-order chi connectivity index (χ0) is 11.5. The second kappa shape index (κ2) is 4.64. The summed E-state index contributed by atoms with van der Waals surface area (Å²) < 4.78 is 0.928. The number of nitrogens with one attached hydrogen (secondary N) is 1. The standard InChI is InChI=1S/C11H11BrN4/c1-16(2)5-3-4-10-9-6-8(12)7-13-11(9)15-14-10/h6-7H,5H2,1-2H3,(H,13,14,15). The third-order valence-corrected chi connectivity index (χ3v) is 2.42. The van der Waals surface area contributed by atoms with Crippen molar-refractivity contribution in [1.29, 1.82) is 0 Å². The van der Waals surface area contributed by atoms with Gasteiger partial charge in [-0.05, 0) is 42.0 Å². The van der Waals surface area contributed by atoms with E-state index in [1.54, 1.807) is 6.20 Å². The number of rotatable bonds is 1. The number of nitrogens with zero attached hydrogens (tertiary/aromatic N) is 3. The van der Waals surface area contributed by atoms with Crippen molar-refractivity contribution in [3.63, 3.8) is 0 Å². The molecular formula is C11H11BrN4. The summed E-state index contributed by atoms with van der Waals surface area (Å²) in [6, 6.07) is 1.96. The molecule has 2 aromatic rings. The zero-order valence-electron chi connectivity index (χ0n) is 9.08. The second-order valence-corrected chi connectivity index (χ2v) is 4.58. The lowest BCUT2D eigenvalue weighted by Crippen LogP contribution is -2.10. The van der Waals surface area contributed by atoms with Gasteiger partial charge >= 0.3 is 0 Å². The molecule has 0 bridgehead atoms. The Bertz CT molecular complexity index is 562. The Balaban J connectivity index is 2.36. The van der Waals surface area contributed by atoms with Crippen LogP contribution < -0.4 is 0 Å². The topological polar surface area (TPSA) is 44.8 Å². The summed E-state index contributed by atoms with van der Waals surface area (Å²) in [6.07, 6.45) is 1.73. The maximum absolute atomic E-state index is 4.20. The van der Waals surface area contributed by atoms with Crippen LogP contribution in [0.4, 0.5) is 0 Å². The van der Waals surface area contributed by atoms with Gasteiger partial charge in [0, 0.05) is 10.7 Å². The molecule has 1 N–H and O–H groups in total. The third kappa shape index (κ3) is 2.40. The number of fused-ring (bicyclic) bond motifs is 1. The monoisotopic (exact) mass is 278 g/mol. The van der Waals surface area contributed by atoms with Crippen LogP contribution in [0.2, 0.25) is 0 Å². The fourth-order valence-electron chi connectivity index (χ4n) is 1.25. The largest absolute Gasteiger partial charge is 0.299 e. The molecule has 2 rings (SSSR count). The second-order valence-electron chi connectivity index (χ2n) is 3.66. The average molecular weight is 279 g/mol. The quantitative estimate of drug-likeness (QED) is 0.807.